The molecule has 0 aliphatic rings. The summed E-state index contributed by atoms with van der Waals surface area (Å²) in [5.74, 6) is 0.304. The summed E-state index contributed by atoms with van der Waals surface area (Å²) in [6.45, 7) is 2.32. The third-order valence-electron chi connectivity index (χ3n) is 1.81. The molecule has 1 aromatic rings. The van der Waals surface area contributed by atoms with Crippen LogP contribution >= 0.6 is 23.2 Å². The Morgan fingerprint density at radius 1 is 1.50 bits per heavy atom. The Bertz CT molecular complexity index is 339. The van der Waals surface area contributed by atoms with Crippen LogP contribution < -0.4 is 5.32 Å². The second-order valence-electron chi connectivity index (χ2n) is 2.90. The Balaban J connectivity index is 2.80. The van der Waals surface area contributed by atoms with Gasteiger partial charge in [-0.25, -0.2) is 0 Å². The van der Waals surface area contributed by atoms with E-state index in [1.165, 1.54) is 0 Å². The zero-order valence-electron chi connectivity index (χ0n) is 7.81. The Morgan fingerprint density at radius 2 is 2.21 bits per heavy atom. The van der Waals surface area contributed by atoms with Gasteiger partial charge in [-0.15, -0.1) is 11.6 Å². The topological polar surface area (TPSA) is 29.1 Å². The molecule has 4 heteroatoms. The number of alkyl halides is 1. The SMILES string of the molecule is Cc1cc(Cl)ccc1C(=O)NCCCl. The summed E-state index contributed by atoms with van der Waals surface area (Å²) in [5.41, 5.74) is 1.50. The highest BCUT2D eigenvalue weighted by atomic mass is 35.5. The van der Waals surface area contributed by atoms with Crippen molar-refractivity contribution in [2.24, 2.45) is 0 Å². The minimum atomic E-state index is -0.111. The lowest BCUT2D eigenvalue weighted by Crippen LogP contribution is -2.25. The van der Waals surface area contributed by atoms with Gasteiger partial charge < -0.3 is 5.32 Å². The van der Waals surface area contributed by atoms with Crippen molar-refractivity contribution in [1.29, 1.82) is 0 Å². The molecule has 76 valence electrons. The van der Waals surface area contributed by atoms with Gasteiger partial charge in [0, 0.05) is 23.0 Å². The Kier molecular flexibility index (Phi) is 4.23. The molecule has 1 N–H and O–H groups in total. The van der Waals surface area contributed by atoms with Gasteiger partial charge >= 0.3 is 0 Å². The molecule has 0 fully saturated rings. The molecule has 1 aromatic carbocycles. The van der Waals surface area contributed by atoms with Crippen LogP contribution in [0.2, 0.25) is 5.02 Å². The van der Waals surface area contributed by atoms with Crippen LogP contribution in [0, 0.1) is 6.92 Å². The van der Waals surface area contributed by atoms with Crippen molar-refractivity contribution >= 4 is 29.1 Å². The number of hydrogen-bond acceptors (Lipinski definition) is 1. The number of carbonyl (C=O) groups is 1. The van der Waals surface area contributed by atoms with E-state index in [1.54, 1.807) is 18.2 Å². The summed E-state index contributed by atoms with van der Waals surface area (Å²) < 4.78 is 0. The van der Waals surface area contributed by atoms with E-state index in [0.717, 1.165) is 5.56 Å². The number of benzene rings is 1. The highest BCUT2D eigenvalue weighted by molar-refractivity contribution is 6.30. The van der Waals surface area contributed by atoms with Gasteiger partial charge in [0.1, 0.15) is 0 Å². The lowest BCUT2D eigenvalue weighted by Gasteiger charge is -2.06. The maximum Gasteiger partial charge on any atom is 0.251 e. The zero-order chi connectivity index (χ0) is 10.6. The number of hydrogen-bond donors (Lipinski definition) is 1. The van der Waals surface area contributed by atoms with Gasteiger partial charge in [-0.2, -0.15) is 0 Å². The minimum Gasteiger partial charge on any atom is -0.351 e. The molecule has 0 aromatic heterocycles. The molecule has 0 saturated heterocycles. The van der Waals surface area contributed by atoms with E-state index in [-0.39, 0.29) is 5.91 Å². The average molecular weight is 232 g/mol. The quantitative estimate of drug-likeness (QED) is 0.797. The molecule has 0 heterocycles. The molecule has 2 nitrogen and oxygen atoms in total. The molecule has 1 rings (SSSR count). The molecule has 0 aliphatic heterocycles. The first kappa shape index (κ1) is 11.3. The van der Waals surface area contributed by atoms with Crippen LogP contribution in [0.1, 0.15) is 15.9 Å². The lowest BCUT2D eigenvalue weighted by molar-refractivity contribution is 0.0955. The maximum absolute atomic E-state index is 11.5. The smallest absolute Gasteiger partial charge is 0.251 e. The summed E-state index contributed by atoms with van der Waals surface area (Å²) >= 11 is 11.2. The molecule has 0 radical (unpaired) electrons. The first-order chi connectivity index (χ1) is 6.65. The van der Waals surface area contributed by atoms with Crippen molar-refractivity contribution < 1.29 is 4.79 Å². The Labute approximate surface area is 93.2 Å². The summed E-state index contributed by atoms with van der Waals surface area (Å²) in [7, 11) is 0. The fourth-order valence-corrected chi connectivity index (χ4v) is 1.46. The standard InChI is InChI=1S/C10H11Cl2NO/c1-7-6-8(12)2-3-9(7)10(14)13-5-4-11/h2-3,6H,4-5H2,1H3,(H,13,14). The molecular weight excluding hydrogens is 221 g/mol. The minimum absolute atomic E-state index is 0.111. The van der Waals surface area contributed by atoms with Crippen LogP contribution in [-0.4, -0.2) is 18.3 Å². The summed E-state index contributed by atoms with van der Waals surface area (Å²) in [6.07, 6.45) is 0. The third kappa shape index (κ3) is 2.89. The van der Waals surface area contributed by atoms with Crippen LogP contribution in [0.4, 0.5) is 0 Å². The summed E-state index contributed by atoms with van der Waals surface area (Å²) in [5, 5.41) is 3.33. The van der Waals surface area contributed by atoms with Gasteiger partial charge in [-0.05, 0) is 30.7 Å². The number of halogens is 2. The molecule has 14 heavy (non-hydrogen) atoms. The Hall–Kier alpha value is -0.730. The number of carbonyl (C=O) groups excluding carboxylic acids is 1. The molecule has 0 saturated carbocycles. The summed E-state index contributed by atoms with van der Waals surface area (Å²) in [6, 6.07) is 5.17. The predicted octanol–water partition coefficient (Wildman–Crippen LogP) is 2.62. The second-order valence-corrected chi connectivity index (χ2v) is 3.72. The first-order valence-corrected chi connectivity index (χ1v) is 5.16. The van der Waals surface area contributed by atoms with E-state index >= 15 is 0 Å². The fourth-order valence-electron chi connectivity index (χ4n) is 1.14. The van der Waals surface area contributed by atoms with Crippen LogP contribution in [0.15, 0.2) is 18.2 Å². The van der Waals surface area contributed by atoms with Gasteiger partial charge in [0.25, 0.3) is 5.91 Å². The van der Waals surface area contributed by atoms with Gasteiger partial charge in [0.2, 0.25) is 0 Å². The van der Waals surface area contributed by atoms with Gasteiger partial charge in [0.05, 0.1) is 0 Å². The van der Waals surface area contributed by atoms with Crippen molar-refractivity contribution in [3.63, 3.8) is 0 Å². The number of aryl methyl sites for hydroxylation is 1. The van der Waals surface area contributed by atoms with Crippen molar-refractivity contribution in [2.45, 2.75) is 6.92 Å². The average Bonchev–Trinajstić information content (AvgIpc) is 2.14. The van der Waals surface area contributed by atoms with Crippen LogP contribution in [-0.2, 0) is 0 Å². The van der Waals surface area contributed by atoms with Crippen LogP contribution in [0.3, 0.4) is 0 Å². The van der Waals surface area contributed by atoms with Crippen molar-refractivity contribution in [2.75, 3.05) is 12.4 Å². The lowest BCUT2D eigenvalue weighted by atomic mass is 10.1. The van der Waals surface area contributed by atoms with Gasteiger partial charge in [0.15, 0.2) is 0 Å². The highest BCUT2D eigenvalue weighted by Crippen LogP contribution is 2.14. The maximum atomic E-state index is 11.5. The van der Waals surface area contributed by atoms with E-state index in [2.05, 4.69) is 5.32 Å². The van der Waals surface area contributed by atoms with Crippen molar-refractivity contribution in [3.8, 4) is 0 Å². The van der Waals surface area contributed by atoms with E-state index < -0.39 is 0 Å². The normalized spacial score (nSPS) is 9.93. The third-order valence-corrected chi connectivity index (χ3v) is 2.24. The second kappa shape index (κ2) is 5.23. The molecule has 0 spiro atoms. The van der Waals surface area contributed by atoms with E-state index in [0.29, 0.717) is 23.0 Å². The zero-order valence-corrected chi connectivity index (χ0v) is 9.32. The Morgan fingerprint density at radius 3 is 2.79 bits per heavy atom. The molecule has 0 unspecified atom stereocenters. The van der Waals surface area contributed by atoms with E-state index in [9.17, 15) is 4.79 Å². The molecule has 1 amide bonds. The van der Waals surface area contributed by atoms with Crippen molar-refractivity contribution in [1.82, 2.24) is 5.32 Å². The monoisotopic (exact) mass is 231 g/mol. The van der Waals surface area contributed by atoms with Crippen LogP contribution in [0.5, 0.6) is 0 Å². The van der Waals surface area contributed by atoms with E-state index in [1.807, 2.05) is 6.92 Å². The fraction of sp³-hybridized carbons (Fsp3) is 0.300. The largest absolute Gasteiger partial charge is 0.351 e. The van der Waals surface area contributed by atoms with Crippen molar-refractivity contribution in [3.05, 3.63) is 34.3 Å². The van der Waals surface area contributed by atoms with Gasteiger partial charge in [-0.3, -0.25) is 4.79 Å². The van der Waals surface area contributed by atoms with Gasteiger partial charge in [-0.1, -0.05) is 11.6 Å². The molecular formula is C10H11Cl2NO. The molecule has 0 atom stereocenters. The summed E-state index contributed by atoms with van der Waals surface area (Å²) in [4.78, 5) is 11.5. The molecule has 0 aliphatic carbocycles. The highest BCUT2D eigenvalue weighted by Gasteiger charge is 2.07. The number of nitrogens with one attached hydrogen (secondary N) is 1. The predicted molar refractivity (Wildman–Crippen MR) is 59.2 cm³/mol. The molecule has 0 bridgehead atoms. The number of amides is 1. The van der Waals surface area contributed by atoms with E-state index in [4.69, 9.17) is 23.2 Å². The number of rotatable bonds is 3. The first-order valence-electron chi connectivity index (χ1n) is 4.25. The van der Waals surface area contributed by atoms with Crippen LogP contribution in [0.25, 0.3) is 0 Å².